The molecule has 0 atom stereocenters. The lowest BCUT2D eigenvalue weighted by Gasteiger charge is -2.23. The fourth-order valence-corrected chi connectivity index (χ4v) is 22.9. The molecule has 0 unspecified atom stereocenters. The van der Waals surface area contributed by atoms with Crippen LogP contribution in [0.5, 0.6) is 0 Å². The quantitative estimate of drug-likeness (QED) is 0.133. The number of pyridine rings is 1. The first-order chi connectivity index (χ1) is 64.0. The molecule has 0 bridgehead atoms. The Balaban J connectivity index is 0.000000103. The van der Waals surface area contributed by atoms with Crippen molar-refractivity contribution < 1.29 is 0 Å². The second-order valence-electron chi connectivity index (χ2n) is 36.0. The highest BCUT2D eigenvalue weighted by atomic mass is 32.1. The minimum atomic E-state index is 0.0627. The van der Waals surface area contributed by atoms with E-state index in [1.165, 1.54) is 239 Å². The molecule has 610 valence electrons. The molecule has 28 rings (SSSR count). The Morgan fingerprint density at radius 2 is 0.638 bits per heavy atom. The number of hydrogen-bond donors (Lipinski definition) is 0. The van der Waals surface area contributed by atoms with Gasteiger partial charge in [0.1, 0.15) is 10.8 Å². The highest BCUT2D eigenvalue weighted by Crippen LogP contribution is 2.51. The van der Waals surface area contributed by atoms with Gasteiger partial charge in [0.25, 0.3) is 0 Å². The molecule has 0 aliphatic heterocycles. The van der Waals surface area contributed by atoms with E-state index in [4.69, 9.17) is 0 Å². The minimum Gasteiger partial charge on any atom is -0.330 e. The molecule has 130 heavy (non-hydrogen) atoms. The van der Waals surface area contributed by atoms with E-state index in [1.807, 2.05) is 23.6 Å². The van der Waals surface area contributed by atoms with Crippen molar-refractivity contribution in [3.05, 3.63) is 436 Å². The van der Waals surface area contributed by atoms with Gasteiger partial charge in [-0.2, -0.15) is 0 Å². The van der Waals surface area contributed by atoms with Crippen molar-refractivity contribution in [3.63, 3.8) is 0 Å². The summed E-state index contributed by atoms with van der Waals surface area (Å²) in [7, 11) is 2.19. The number of nitrogens with zero attached hydrogens (tertiary/aromatic N) is 5. The van der Waals surface area contributed by atoms with Crippen molar-refractivity contribution in [1.29, 1.82) is 0 Å². The summed E-state index contributed by atoms with van der Waals surface area (Å²) in [5.74, 6) is 1.16. The largest absolute Gasteiger partial charge is 0.330 e. The topological polar surface area (TPSA) is 32.6 Å². The van der Waals surface area contributed by atoms with E-state index < -0.39 is 0 Å². The Morgan fingerprint density at radius 3 is 1.13 bits per heavy atom. The lowest BCUT2D eigenvalue weighted by Crippen LogP contribution is -2.10. The van der Waals surface area contributed by atoms with Crippen molar-refractivity contribution in [2.75, 3.05) is 0 Å². The Kier molecular flexibility index (Phi) is 17.0. The summed E-state index contributed by atoms with van der Waals surface area (Å²) in [4.78, 5) is 5.90. The second-order valence-corrected chi connectivity index (χ2v) is 37.1. The van der Waals surface area contributed by atoms with E-state index in [9.17, 15) is 0 Å². The van der Waals surface area contributed by atoms with E-state index in [-0.39, 0.29) is 5.41 Å². The van der Waals surface area contributed by atoms with Gasteiger partial charge >= 0.3 is 0 Å². The number of para-hydroxylation sites is 6. The summed E-state index contributed by atoms with van der Waals surface area (Å²) >= 11 is 1.87. The highest BCUT2D eigenvalue weighted by Gasteiger charge is 2.26. The van der Waals surface area contributed by atoms with Crippen LogP contribution in [-0.2, 0) is 12.5 Å². The first-order valence-electron chi connectivity index (χ1n) is 45.0. The number of rotatable bonds is 9. The third kappa shape index (κ3) is 11.7. The Morgan fingerprint density at radius 1 is 0.238 bits per heavy atom. The van der Waals surface area contributed by atoms with Gasteiger partial charge < -0.3 is 13.7 Å². The van der Waals surface area contributed by atoms with Crippen molar-refractivity contribution in [2.24, 2.45) is 7.05 Å². The SMILES string of the molecule is CC(C)(C)c1cc2ccc3c(-c4cccc(-n5c6ccccc6c6ccccc65)c4)cc(-c4ccc5ncccc5c4)c4ccc(c1)c2c34.Cn1c(-c2ccc3ccc4c(-c5ccccc5)ccc5ccc2c3c54)ccc1-n1c2ccccc2c2ccccc21.c1ccc(-c2ccc3ccc4c(-c5ccc(-n6c7ccccc7c7ccccc76)s5)ccc5ccc2c3c54)cc1. The molecule has 0 radical (unpaired) electrons. The summed E-state index contributed by atoms with van der Waals surface area (Å²) in [5, 5.41) is 33.7. The van der Waals surface area contributed by atoms with E-state index in [0.29, 0.717) is 0 Å². The predicted octanol–water partition coefficient (Wildman–Crippen LogP) is 34.3. The van der Waals surface area contributed by atoms with Gasteiger partial charge in [0.05, 0.1) is 44.3 Å². The average Bonchev–Trinajstić information content (AvgIpc) is 1.14. The van der Waals surface area contributed by atoms with Crippen molar-refractivity contribution in [1.82, 2.24) is 23.3 Å². The molecule has 0 amide bonds. The molecule has 22 aromatic carbocycles. The van der Waals surface area contributed by atoms with Crippen LogP contribution in [0, 0.1) is 0 Å². The van der Waals surface area contributed by atoms with E-state index >= 15 is 0 Å². The second kappa shape index (κ2) is 29.4. The van der Waals surface area contributed by atoms with Gasteiger partial charge in [-0.15, -0.1) is 11.3 Å². The lowest BCUT2D eigenvalue weighted by molar-refractivity contribution is 0.591. The summed E-state index contributed by atoms with van der Waals surface area (Å²) in [6.45, 7) is 6.90. The van der Waals surface area contributed by atoms with Crippen LogP contribution < -0.4 is 0 Å². The number of thiophene rings is 1. The monoisotopic (exact) mass is 1670 g/mol. The van der Waals surface area contributed by atoms with Crippen LogP contribution >= 0.6 is 11.3 Å². The Labute approximate surface area is 754 Å². The summed E-state index contributed by atoms with van der Waals surface area (Å²) < 4.78 is 9.58. The molecular formula is C124H83N5S. The van der Waals surface area contributed by atoms with Crippen molar-refractivity contribution in [2.45, 2.75) is 26.2 Å². The first kappa shape index (κ1) is 75.1. The molecule has 0 spiro atoms. The molecule has 0 aliphatic rings. The third-order valence-corrected chi connectivity index (χ3v) is 28.9. The molecule has 5 nitrogen and oxygen atoms in total. The first-order valence-corrected chi connectivity index (χ1v) is 45.8. The smallest absolute Gasteiger partial charge is 0.117 e. The zero-order valence-corrected chi connectivity index (χ0v) is 73.0. The zero-order chi connectivity index (χ0) is 86.1. The van der Waals surface area contributed by atoms with Crippen LogP contribution in [0.3, 0.4) is 0 Å². The number of benzene rings is 22. The van der Waals surface area contributed by atoms with E-state index in [0.717, 1.165) is 22.4 Å². The molecule has 0 saturated heterocycles. The molecule has 28 aromatic rings. The lowest BCUT2D eigenvalue weighted by atomic mass is 9.81. The van der Waals surface area contributed by atoms with Crippen LogP contribution in [-0.4, -0.2) is 23.3 Å². The Hall–Kier alpha value is -16.3. The molecule has 0 aliphatic carbocycles. The molecule has 6 aromatic heterocycles. The van der Waals surface area contributed by atoms with E-state index in [2.05, 4.69) is 470 Å². The fourth-order valence-electron chi connectivity index (χ4n) is 21.8. The minimum absolute atomic E-state index is 0.0627. The predicted molar refractivity (Wildman–Crippen MR) is 557 cm³/mol. The summed E-state index contributed by atoms with van der Waals surface area (Å²) in [6, 6.07) is 156. The Bertz CT molecular complexity index is 9250. The average molecular weight is 1680 g/mol. The summed E-state index contributed by atoms with van der Waals surface area (Å²) in [6.07, 6.45) is 1.87. The highest BCUT2D eigenvalue weighted by molar-refractivity contribution is 7.18. The van der Waals surface area contributed by atoms with Gasteiger partial charge in [0.2, 0.25) is 0 Å². The molecule has 6 heterocycles. The van der Waals surface area contributed by atoms with Gasteiger partial charge in [-0.1, -0.05) is 348 Å². The number of aromatic nitrogens is 5. The standard InChI is InChI=1S/C47H34N2.C39H26N2.C38H23NS/c1-47(2,3)34-25-32-17-20-38-40(29-10-8-12-35(27-29)49-43-15-6-4-13-36(43)37-14-5-7-16-44(37)49)28-41(39-21-18-33(26-34)45(32)46(38)39)30-19-22-42-31(24-30)11-9-23-48-42;1-40-34(23-24-37(40)41-35-13-7-5-11-29(35)30-12-6-8-14-36(30)41)31-20-16-27-17-21-32-28(25-9-3-2-4-10-25)19-15-26-18-22-33(31)39(27)38(26)32;1-2-8-24(9-3-1)27-18-14-25-17-21-32-30(19-15-26-16-20-31(27)37(25)38(26)32)35-22-23-36(40-35)39-33-12-6-4-10-28(33)29-11-5-7-13-34(29)39/h4-28H,1-3H3;2-24H,1H3;1-23H. The van der Waals surface area contributed by atoms with Crippen LogP contribution in [0.2, 0.25) is 0 Å². The van der Waals surface area contributed by atoms with Gasteiger partial charge in [-0.25, -0.2) is 0 Å². The van der Waals surface area contributed by atoms with Crippen LogP contribution in [0.25, 0.3) is 256 Å². The van der Waals surface area contributed by atoms with E-state index in [1.54, 1.807) is 0 Å². The van der Waals surface area contributed by atoms with Gasteiger partial charge in [-0.05, 0) is 255 Å². The van der Waals surface area contributed by atoms with Crippen LogP contribution in [0.4, 0.5) is 0 Å². The number of fused-ring (bicyclic) bond motifs is 10. The maximum Gasteiger partial charge on any atom is 0.117 e. The molecular weight excluding hydrogens is 1590 g/mol. The maximum absolute atomic E-state index is 4.61. The van der Waals surface area contributed by atoms with Crippen molar-refractivity contribution in [3.8, 4) is 82.7 Å². The molecule has 6 heteroatoms. The van der Waals surface area contributed by atoms with Gasteiger partial charge in [-0.3, -0.25) is 9.55 Å². The van der Waals surface area contributed by atoms with Gasteiger partial charge in [0, 0.05) is 67.1 Å². The summed E-state index contributed by atoms with van der Waals surface area (Å²) in [5.41, 5.74) is 24.7. The normalized spacial score (nSPS) is 12.2. The van der Waals surface area contributed by atoms with Crippen LogP contribution in [0.15, 0.2) is 431 Å². The van der Waals surface area contributed by atoms with Crippen molar-refractivity contribution >= 4 is 185 Å². The number of hydrogen-bond acceptors (Lipinski definition) is 2. The maximum atomic E-state index is 4.61. The molecule has 0 saturated carbocycles. The fraction of sp³-hybridized carbons (Fsp3) is 0.0403. The molecule has 0 N–H and O–H groups in total. The van der Waals surface area contributed by atoms with Crippen LogP contribution in [0.1, 0.15) is 26.3 Å². The zero-order valence-electron chi connectivity index (χ0n) is 72.1. The third-order valence-electron chi connectivity index (χ3n) is 27.8. The molecule has 0 fully saturated rings. The van der Waals surface area contributed by atoms with Gasteiger partial charge in [0.15, 0.2) is 0 Å².